The van der Waals surface area contributed by atoms with Gasteiger partial charge in [-0.2, -0.15) is 0 Å². The van der Waals surface area contributed by atoms with E-state index in [0.717, 1.165) is 19.4 Å². The lowest BCUT2D eigenvalue weighted by Crippen LogP contribution is -2.31. The third-order valence-electron chi connectivity index (χ3n) is 3.37. The van der Waals surface area contributed by atoms with Crippen LogP contribution in [0.2, 0.25) is 5.02 Å². The molecule has 0 unspecified atom stereocenters. The highest BCUT2D eigenvalue weighted by atomic mass is 35.5. The van der Waals surface area contributed by atoms with Gasteiger partial charge >= 0.3 is 0 Å². The first-order valence-corrected chi connectivity index (χ1v) is 7.11. The van der Waals surface area contributed by atoms with Gasteiger partial charge in [0.2, 0.25) is 0 Å². The first-order valence-electron chi connectivity index (χ1n) is 6.73. The Morgan fingerprint density at radius 2 is 2.15 bits per heavy atom. The molecular formula is C14H16ClNO4. The van der Waals surface area contributed by atoms with Crippen molar-refractivity contribution in [2.24, 2.45) is 0 Å². The van der Waals surface area contributed by atoms with Crippen LogP contribution in [-0.4, -0.2) is 38.4 Å². The zero-order chi connectivity index (χ0) is 13.9. The van der Waals surface area contributed by atoms with Crippen LogP contribution in [0.25, 0.3) is 0 Å². The van der Waals surface area contributed by atoms with Gasteiger partial charge in [-0.3, -0.25) is 4.79 Å². The maximum Gasteiger partial charge on any atom is 0.251 e. The van der Waals surface area contributed by atoms with Gasteiger partial charge in [-0.05, 0) is 25.0 Å². The maximum atomic E-state index is 12.1. The standard InChI is InChI=1S/C14H16ClNO4/c15-11-6-9(7-12-13(11)20-5-4-19-12)14(17)16-8-10-2-1-3-18-10/h6-7,10H,1-5,8H2,(H,16,17)/t10-/m1/s1. The third kappa shape index (κ3) is 2.83. The van der Waals surface area contributed by atoms with E-state index in [4.69, 9.17) is 25.8 Å². The highest BCUT2D eigenvalue weighted by molar-refractivity contribution is 6.32. The Kier molecular flexibility index (Phi) is 3.98. The van der Waals surface area contributed by atoms with Crippen molar-refractivity contribution in [3.63, 3.8) is 0 Å². The highest BCUT2D eigenvalue weighted by Crippen LogP contribution is 2.38. The smallest absolute Gasteiger partial charge is 0.251 e. The van der Waals surface area contributed by atoms with Crippen molar-refractivity contribution in [2.75, 3.05) is 26.4 Å². The lowest BCUT2D eigenvalue weighted by Gasteiger charge is -2.20. The fourth-order valence-corrected chi connectivity index (χ4v) is 2.62. The Labute approximate surface area is 122 Å². The van der Waals surface area contributed by atoms with Crippen molar-refractivity contribution in [1.29, 1.82) is 0 Å². The summed E-state index contributed by atoms with van der Waals surface area (Å²) in [4.78, 5) is 12.1. The average molecular weight is 298 g/mol. The van der Waals surface area contributed by atoms with Crippen molar-refractivity contribution in [2.45, 2.75) is 18.9 Å². The maximum absolute atomic E-state index is 12.1. The normalized spacial score (nSPS) is 20.8. The van der Waals surface area contributed by atoms with Gasteiger partial charge < -0.3 is 19.5 Å². The van der Waals surface area contributed by atoms with Crippen LogP contribution in [0.5, 0.6) is 11.5 Å². The van der Waals surface area contributed by atoms with E-state index in [9.17, 15) is 4.79 Å². The second-order valence-electron chi connectivity index (χ2n) is 4.83. The van der Waals surface area contributed by atoms with Crippen molar-refractivity contribution < 1.29 is 19.0 Å². The molecule has 0 aliphatic carbocycles. The van der Waals surface area contributed by atoms with Gasteiger partial charge in [0, 0.05) is 18.7 Å². The Morgan fingerprint density at radius 3 is 2.95 bits per heavy atom. The fraction of sp³-hybridized carbons (Fsp3) is 0.500. The molecule has 1 amide bonds. The number of nitrogens with one attached hydrogen (secondary N) is 1. The Bertz CT molecular complexity index is 514. The molecule has 0 saturated carbocycles. The molecule has 1 aromatic carbocycles. The number of carbonyl (C=O) groups excluding carboxylic acids is 1. The molecule has 3 rings (SSSR count). The number of ether oxygens (including phenoxy) is 3. The van der Waals surface area contributed by atoms with Crippen LogP contribution in [0.3, 0.4) is 0 Å². The highest BCUT2D eigenvalue weighted by Gasteiger charge is 2.20. The molecule has 1 aromatic rings. The first kappa shape index (κ1) is 13.5. The number of halogens is 1. The number of hydrogen-bond acceptors (Lipinski definition) is 4. The second-order valence-corrected chi connectivity index (χ2v) is 5.23. The van der Waals surface area contributed by atoms with Crippen LogP contribution in [0.1, 0.15) is 23.2 Å². The van der Waals surface area contributed by atoms with Crippen molar-refractivity contribution >= 4 is 17.5 Å². The summed E-state index contributed by atoms with van der Waals surface area (Å²) >= 11 is 6.11. The third-order valence-corrected chi connectivity index (χ3v) is 3.65. The van der Waals surface area contributed by atoms with Gasteiger partial charge in [-0.25, -0.2) is 0 Å². The van der Waals surface area contributed by atoms with E-state index in [2.05, 4.69) is 5.32 Å². The van der Waals surface area contributed by atoms with Crippen LogP contribution in [0.15, 0.2) is 12.1 Å². The summed E-state index contributed by atoms with van der Waals surface area (Å²) in [6.07, 6.45) is 2.16. The van der Waals surface area contributed by atoms with Gasteiger partial charge in [0.25, 0.3) is 5.91 Å². The monoisotopic (exact) mass is 297 g/mol. The Hall–Kier alpha value is -1.46. The SMILES string of the molecule is O=C(NC[C@H]1CCCO1)c1cc(Cl)c2c(c1)OCCO2. The topological polar surface area (TPSA) is 56.8 Å². The molecule has 0 radical (unpaired) electrons. The summed E-state index contributed by atoms with van der Waals surface area (Å²) in [5, 5.41) is 3.25. The van der Waals surface area contributed by atoms with Gasteiger partial charge in [0.1, 0.15) is 13.2 Å². The lowest BCUT2D eigenvalue weighted by molar-refractivity contribution is 0.0857. The van der Waals surface area contributed by atoms with Gasteiger partial charge in [0.15, 0.2) is 11.5 Å². The zero-order valence-corrected chi connectivity index (χ0v) is 11.7. The molecule has 2 aliphatic rings. The molecule has 0 spiro atoms. The first-order chi connectivity index (χ1) is 9.74. The summed E-state index contributed by atoms with van der Waals surface area (Å²) in [5.74, 6) is 0.846. The zero-order valence-electron chi connectivity index (χ0n) is 11.0. The minimum atomic E-state index is -0.181. The van der Waals surface area contributed by atoms with E-state index >= 15 is 0 Å². The van der Waals surface area contributed by atoms with Crippen LogP contribution in [-0.2, 0) is 4.74 Å². The molecule has 1 fully saturated rings. The summed E-state index contributed by atoms with van der Waals surface area (Å²) < 4.78 is 16.3. The van der Waals surface area contributed by atoms with Crippen LogP contribution < -0.4 is 14.8 Å². The molecule has 0 bridgehead atoms. The molecular weight excluding hydrogens is 282 g/mol. The molecule has 0 aromatic heterocycles. The molecule has 1 atom stereocenters. The van der Waals surface area contributed by atoms with E-state index < -0.39 is 0 Å². The number of hydrogen-bond donors (Lipinski definition) is 1. The van der Waals surface area contributed by atoms with Crippen LogP contribution >= 0.6 is 11.6 Å². The number of rotatable bonds is 3. The molecule has 108 valence electrons. The van der Waals surface area contributed by atoms with E-state index in [1.807, 2.05) is 0 Å². The number of benzene rings is 1. The fourth-order valence-electron chi connectivity index (χ4n) is 2.36. The predicted molar refractivity (Wildman–Crippen MR) is 73.7 cm³/mol. The van der Waals surface area contributed by atoms with Crippen molar-refractivity contribution in [3.8, 4) is 11.5 Å². The second kappa shape index (κ2) is 5.89. The molecule has 5 nitrogen and oxygen atoms in total. The van der Waals surface area contributed by atoms with Gasteiger partial charge in [0.05, 0.1) is 11.1 Å². The average Bonchev–Trinajstić information content (AvgIpc) is 2.98. The summed E-state index contributed by atoms with van der Waals surface area (Å²) in [6.45, 7) is 2.23. The summed E-state index contributed by atoms with van der Waals surface area (Å²) in [6, 6.07) is 3.26. The molecule has 2 heterocycles. The number of carbonyl (C=O) groups is 1. The molecule has 2 aliphatic heterocycles. The molecule has 6 heteroatoms. The van der Waals surface area contributed by atoms with E-state index in [-0.39, 0.29) is 12.0 Å². The largest absolute Gasteiger partial charge is 0.486 e. The van der Waals surface area contributed by atoms with Gasteiger partial charge in [-0.1, -0.05) is 11.6 Å². The minimum absolute atomic E-state index is 0.117. The van der Waals surface area contributed by atoms with Crippen molar-refractivity contribution in [3.05, 3.63) is 22.7 Å². The minimum Gasteiger partial charge on any atom is -0.486 e. The van der Waals surface area contributed by atoms with Gasteiger partial charge in [-0.15, -0.1) is 0 Å². The van der Waals surface area contributed by atoms with Crippen LogP contribution in [0, 0.1) is 0 Å². The van der Waals surface area contributed by atoms with Crippen molar-refractivity contribution in [1.82, 2.24) is 5.32 Å². The quantitative estimate of drug-likeness (QED) is 0.927. The summed E-state index contributed by atoms with van der Waals surface area (Å²) in [5.41, 5.74) is 0.470. The Balaban J connectivity index is 1.69. The molecule has 1 N–H and O–H groups in total. The van der Waals surface area contributed by atoms with E-state index in [1.165, 1.54) is 0 Å². The Morgan fingerprint density at radius 1 is 1.30 bits per heavy atom. The van der Waals surface area contributed by atoms with E-state index in [1.54, 1.807) is 12.1 Å². The number of amides is 1. The van der Waals surface area contributed by atoms with Crippen LogP contribution in [0.4, 0.5) is 0 Å². The van der Waals surface area contributed by atoms with E-state index in [0.29, 0.717) is 41.8 Å². The molecule has 20 heavy (non-hydrogen) atoms. The lowest BCUT2D eigenvalue weighted by atomic mass is 10.1. The number of fused-ring (bicyclic) bond motifs is 1. The summed E-state index contributed by atoms with van der Waals surface area (Å²) in [7, 11) is 0. The molecule has 1 saturated heterocycles. The predicted octanol–water partition coefficient (Wildman–Crippen LogP) is 2.02.